The lowest BCUT2D eigenvalue weighted by atomic mass is 10.1. The molecule has 1 aromatic carbocycles. The van der Waals surface area contributed by atoms with Gasteiger partial charge in [0.1, 0.15) is 11.6 Å². The average Bonchev–Trinajstić information content (AvgIpc) is 2.01. The lowest BCUT2D eigenvalue weighted by molar-refractivity contribution is 0.297. The summed E-state index contributed by atoms with van der Waals surface area (Å²) in [4.78, 5) is 0. The number of hydrogen-bond acceptors (Lipinski definition) is 2. The standard InChI is InChI=1S/C9H11FO2/c1-6-4-9(12)7(2-3-11)5-8(6)10/h4-5,11-12H,2-3H2,1H3. The topological polar surface area (TPSA) is 40.5 Å². The van der Waals surface area contributed by atoms with Crippen molar-refractivity contribution in [2.75, 3.05) is 6.61 Å². The molecule has 0 aliphatic rings. The normalized spacial score (nSPS) is 10.2. The molecule has 0 atom stereocenters. The van der Waals surface area contributed by atoms with E-state index in [-0.39, 0.29) is 24.6 Å². The van der Waals surface area contributed by atoms with Crippen LogP contribution in [0.1, 0.15) is 11.1 Å². The Kier molecular flexibility index (Phi) is 2.65. The summed E-state index contributed by atoms with van der Waals surface area (Å²) in [6, 6.07) is 2.61. The van der Waals surface area contributed by atoms with Gasteiger partial charge < -0.3 is 10.2 Å². The van der Waals surface area contributed by atoms with Crippen molar-refractivity contribution in [3.63, 3.8) is 0 Å². The summed E-state index contributed by atoms with van der Waals surface area (Å²) in [7, 11) is 0. The predicted molar refractivity (Wildman–Crippen MR) is 43.6 cm³/mol. The van der Waals surface area contributed by atoms with Gasteiger partial charge in [0, 0.05) is 6.61 Å². The van der Waals surface area contributed by atoms with Gasteiger partial charge in [-0.1, -0.05) is 0 Å². The minimum absolute atomic E-state index is 0.0444. The first-order chi connectivity index (χ1) is 5.65. The maximum absolute atomic E-state index is 12.9. The third-order valence-corrected chi connectivity index (χ3v) is 1.74. The number of phenolic OH excluding ortho intramolecular Hbond substituents is 1. The fourth-order valence-corrected chi connectivity index (χ4v) is 1.03. The van der Waals surface area contributed by atoms with E-state index in [1.807, 2.05) is 0 Å². The van der Waals surface area contributed by atoms with E-state index in [1.165, 1.54) is 12.1 Å². The quantitative estimate of drug-likeness (QED) is 0.703. The molecule has 2 N–H and O–H groups in total. The first-order valence-electron chi connectivity index (χ1n) is 3.74. The number of aromatic hydroxyl groups is 1. The number of rotatable bonds is 2. The van der Waals surface area contributed by atoms with Gasteiger partial charge in [-0.2, -0.15) is 0 Å². The van der Waals surface area contributed by atoms with E-state index in [4.69, 9.17) is 5.11 Å². The molecule has 0 saturated carbocycles. The molecule has 0 aliphatic carbocycles. The predicted octanol–water partition coefficient (Wildman–Crippen LogP) is 1.37. The molecule has 2 nitrogen and oxygen atoms in total. The van der Waals surface area contributed by atoms with Crippen LogP contribution in [0.2, 0.25) is 0 Å². The Morgan fingerprint density at radius 3 is 2.67 bits per heavy atom. The molecule has 0 aliphatic heterocycles. The van der Waals surface area contributed by atoms with Gasteiger partial charge in [-0.3, -0.25) is 0 Å². The van der Waals surface area contributed by atoms with Crippen molar-refractivity contribution in [3.8, 4) is 5.75 Å². The maximum Gasteiger partial charge on any atom is 0.126 e. The molecule has 0 heterocycles. The molecule has 1 aromatic rings. The van der Waals surface area contributed by atoms with Crippen LogP contribution in [0.4, 0.5) is 4.39 Å². The summed E-state index contributed by atoms with van der Waals surface area (Å²) in [5, 5.41) is 17.8. The summed E-state index contributed by atoms with van der Waals surface area (Å²) in [6.07, 6.45) is 0.281. The highest BCUT2D eigenvalue weighted by Crippen LogP contribution is 2.21. The monoisotopic (exact) mass is 170 g/mol. The molecule has 0 fully saturated rings. The summed E-state index contributed by atoms with van der Waals surface area (Å²) >= 11 is 0. The number of benzene rings is 1. The molecule has 0 saturated heterocycles. The van der Waals surface area contributed by atoms with Gasteiger partial charge in [0.2, 0.25) is 0 Å². The van der Waals surface area contributed by atoms with E-state index < -0.39 is 0 Å². The van der Waals surface area contributed by atoms with Crippen molar-refractivity contribution >= 4 is 0 Å². The molecular formula is C9H11FO2. The van der Waals surface area contributed by atoms with Crippen LogP contribution in [0.5, 0.6) is 5.75 Å². The minimum atomic E-state index is -0.351. The first-order valence-corrected chi connectivity index (χ1v) is 3.74. The molecule has 3 heteroatoms. The zero-order chi connectivity index (χ0) is 9.14. The third-order valence-electron chi connectivity index (χ3n) is 1.74. The van der Waals surface area contributed by atoms with Gasteiger partial charge in [-0.25, -0.2) is 4.39 Å². The van der Waals surface area contributed by atoms with E-state index in [1.54, 1.807) is 6.92 Å². The van der Waals surface area contributed by atoms with Crippen molar-refractivity contribution in [3.05, 3.63) is 29.1 Å². The molecule has 66 valence electrons. The molecule has 0 aromatic heterocycles. The Balaban J connectivity index is 3.05. The molecule has 0 spiro atoms. The number of aliphatic hydroxyl groups is 1. The summed E-state index contributed by atoms with van der Waals surface area (Å²) in [5.74, 6) is -0.306. The zero-order valence-electron chi connectivity index (χ0n) is 6.84. The fraction of sp³-hybridized carbons (Fsp3) is 0.333. The number of phenols is 1. The highest BCUT2D eigenvalue weighted by molar-refractivity contribution is 5.36. The average molecular weight is 170 g/mol. The number of halogens is 1. The van der Waals surface area contributed by atoms with Gasteiger partial charge >= 0.3 is 0 Å². The number of aryl methyl sites for hydroxylation is 1. The Labute approximate surface area is 70.3 Å². The van der Waals surface area contributed by atoms with Crippen LogP contribution in [0.25, 0.3) is 0 Å². The minimum Gasteiger partial charge on any atom is -0.508 e. The van der Waals surface area contributed by atoms with Crippen LogP contribution >= 0.6 is 0 Å². The van der Waals surface area contributed by atoms with E-state index in [2.05, 4.69) is 0 Å². The van der Waals surface area contributed by atoms with E-state index >= 15 is 0 Å². The molecule has 0 bridgehead atoms. The van der Waals surface area contributed by atoms with Gasteiger partial charge in [0.15, 0.2) is 0 Å². The lowest BCUT2D eigenvalue weighted by Gasteiger charge is -2.04. The van der Waals surface area contributed by atoms with Crippen molar-refractivity contribution in [1.82, 2.24) is 0 Å². The summed E-state index contributed by atoms with van der Waals surface area (Å²) in [5.41, 5.74) is 0.856. The zero-order valence-corrected chi connectivity index (χ0v) is 6.84. The van der Waals surface area contributed by atoms with Crippen LogP contribution in [0, 0.1) is 12.7 Å². The second kappa shape index (κ2) is 3.54. The van der Waals surface area contributed by atoms with Gasteiger partial charge in [-0.05, 0) is 36.6 Å². The van der Waals surface area contributed by atoms with Crippen LogP contribution in [-0.4, -0.2) is 16.8 Å². The number of hydrogen-bond donors (Lipinski definition) is 2. The van der Waals surface area contributed by atoms with E-state index in [9.17, 15) is 9.50 Å². The molecule has 0 amide bonds. The van der Waals surface area contributed by atoms with Crippen molar-refractivity contribution in [2.24, 2.45) is 0 Å². The van der Waals surface area contributed by atoms with E-state index in [0.717, 1.165) is 0 Å². The van der Waals surface area contributed by atoms with Gasteiger partial charge in [0.25, 0.3) is 0 Å². The molecular weight excluding hydrogens is 159 g/mol. The van der Waals surface area contributed by atoms with Gasteiger partial charge in [-0.15, -0.1) is 0 Å². The molecule has 1 rings (SSSR count). The smallest absolute Gasteiger partial charge is 0.126 e. The van der Waals surface area contributed by atoms with Crippen LogP contribution < -0.4 is 0 Å². The first kappa shape index (κ1) is 9.00. The Hall–Kier alpha value is -1.09. The Bertz CT molecular complexity index is 284. The van der Waals surface area contributed by atoms with Crippen LogP contribution in [0.15, 0.2) is 12.1 Å². The molecule has 12 heavy (non-hydrogen) atoms. The molecule has 0 unspecified atom stereocenters. The summed E-state index contributed by atoms with van der Waals surface area (Å²) in [6.45, 7) is 1.49. The Morgan fingerprint density at radius 2 is 2.08 bits per heavy atom. The summed E-state index contributed by atoms with van der Waals surface area (Å²) < 4.78 is 12.9. The highest BCUT2D eigenvalue weighted by Gasteiger charge is 2.05. The second-order valence-corrected chi connectivity index (χ2v) is 2.70. The van der Waals surface area contributed by atoms with Crippen LogP contribution in [-0.2, 0) is 6.42 Å². The SMILES string of the molecule is Cc1cc(O)c(CCO)cc1F. The fourth-order valence-electron chi connectivity index (χ4n) is 1.03. The van der Waals surface area contributed by atoms with Crippen molar-refractivity contribution < 1.29 is 14.6 Å². The van der Waals surface area contributed by atoms with Crippen molar-refractivity contribution in [2.45, 2.75) is 13.3 Å². The molecule has 0 radical (unpaired) electrons. The largest absolute Gasteiger partial charge is 0.508 e. The highest BCUT2D eigenvalue weighted by atomic mass is 19.1. The van der Waals surface area contributed by atoms with E-state index in [0.29, 0.717) is 11.1 Å². The lowest BCUT2D eigenvalue weighted by Crippen LogP contribution is -1.93. The second-order valence-electron chi connectivity index (χ2n) is 2.70. The number of aliphatic hydroxyl groups excluding tert-OH is 1. The maximum atomic E-state index is 12.9. The van der Waals surface area contributed by atoms with Crippen molar-refractivity contribution in [1.29, 1.82) is 0 Å². The van der Waals surface area contributed by atoms with Gasteiger partial charge in [0.05, 0.1) is 0 Å². The third kappa shape index (κ3) is 1.74. The van der Waals surface area contributed by atoms with Crippen LogP contribution in [0.3, 0.4) is 0 Å². The Morgan fingerprint density at radius 1 is 1.42 bits per heavy atom.